The molecule has 0 spiro atoms. The predicted octanol–water partition coefficient (Wildman–Crippen LogP) is 2.91. The summed E-state index contributed by atoms with van der Waals surface area (Å²) in [5.41, 5.74) is -0.0140. The van der Waals surface area contributed by atoms with Gasteiger partial charge in [0.2, 0.25) is 5.75 Å². The van der Waals surface area contributed by atoms with Crippen molar-refractivity contribution in [2.45, 2.75) is 46.1 Å². The van der Waals surface area contributed by atoms with Crippen LogP contribution in [0.2, 0.25) is 0 Å². The van der Waals surface area contributed by atoms with Gasteiger partial charge < -0.3 is 15.4 Å². The Hall–Kier alpha value is -1.52. The van der Waals surface area contributed by atoms with Gasteiger partial charge in [0.05, 0.1) is 7.11 Å². The third-order valence-electron chi connectivity index (χ3n) is 2.68. The summed E-state index contributed by atoms with van der Waals surface area (Å²) in [6.07, 6.45) is 3.73. The molecule has 1 heterocycles. The summed E-state index contributed by atoms with van der Waals surface area (Å²) in [4.78, 5) is 8.46. The standard InChI is InChI=1S/C13H24N4O/c1-6-8-13(3,4)17-12-10(18-5)11(14-7-2)15-9-16-12/h9H,6-8H2,1-5H3,(H2,14,15,16,17). The van der Waals surface area contributed by atoms with E-state index in [-0.39, 0.29) is 5.54 Å². The maximum atomic E-state index is 5.40. The van der Waals surface area contributed by atoms with Crippen LogP contribution in [0.5, 0.6) is 5.75 Å². The summed E-state index contributed by atoms with van der Waals surface area (Å²) < 4.78 is 5.40. The molecule has 0 aliphatic rings. The molecule has 5 heteroatoms. The molecule has 0 aromatic carbocycles. The summed E-state index contributed by atoms with van der Waals surface area (Å²) in [6.45, 7) is 9.31. The Balaban J connectivity index is 2.97. The SMILES string of the molecule is CCCC(C)(C)Nc1ncnc(NCC)c1OC. The Bertz CT molecular complexity index is 379. The molecule has 1 aromatic heterocycles. The highest BCUT2D eigenvalue weighted by molar-refractivity contribution is 5.64. The smallest absolute Gasteiger partial charge is 0.204 e. The molecule has 5 nitrogen and oxygen atoms in total. The van der Waals surface area contributed by atoms with Gasteiger partial charge in [-0.3, -0.25) is 0 Å². The summed E-state index contributed by atoms with van der Waals surface area (Å²) in [6, 6.07) is 0. The van der Waals surface area contributed by atoms with E-state index in [9.17, 15) is 0 Å². The molecule has 1 rings (SSSR count). The predicted molar refractivity (Wildman–Crippen MR) is 75.4 cm³/mol. The van der Waals surface area contributed by atoms with Crippen molar-refractivity contribution in [3.63, 3.8) is 0 Å². The van der Waals surface area contributed by atoms with E-state index >= 15 is 0 Å². The van der Waals surface area contributed by atoms with E-state index in [2.05, 4.69) is 41.4 Å². The van der Waals surface area contributed by atoms with E-state index in [1.165, 1.54) is 0 Å². The van der Waals surface area contributed by atoms with Gasteiger partial charge in [0.1, 0.15) is 6.33 Å². The third-order valence-corrected chi connectivity index (χ3v) is 2.68. The van der Waals surface area contributed by atoms with Crippen LogP contribution in [0.1, 0.15) is 40.5 Å². The molecule has 0 bridgehead atoms. The highest BCUT2D eigenvalue weighted by Crippen LogP contribution is 2.31. The van der Waals surface area contributed by atoms with Gasteiger partial charge in [-0.25, -0.2) is 9.97 Å². The molecular formula is C13H24N4O. The van der Waals surface area contributed by atoms with Gasteiger partial charge in [-0.15, -0.1) is 0 Å². The third kappa shape index (κ3) is 3.75. The van der Waals surface area contributed by atoms with Crippen molar-refractivity contribution >= 4 is 11.6 Å². The number of hydrogen-bond donors (Lipinski definition) is 2. The van der Waals surface area contributed by atoms with Gasteiger partial charge in [-0.2, -0.15) is 0 Å². The summed E-state index contributed by atoms with van der Waals surface area (Å²) in [7, 11) is 1.64. The first-order valence-corrected chi connectivity index (χ1v) is 6.45. The molecule has 0 atom stereocenters. The Morgan fingerprint density at radius 3 is 2.44 bits per heavy atom. The summed E-state index contributed by atoms with van der Waals surface area (Å²) >= 11 is 0. The van der Waals surface area contributed by atoms with Crippen molar-refractivity contribution in [2.24, 2.45) is 0 Å². The quantitative estimate of drug-likeness (QED) is 0.781. The van der Waals surface area contributed by atoms with Crippen molar-refractivity contribution in [3.8, 4) is 5.75 Å². The van der Waals surface area contributed by atoms with E-state index in [4.69, 9.17) is 4.74 Å². The molecule has 2 N–H and O–H groups in total. The second kappa shape index (κ2) is 6.42. The second-order valence-corrected chi connectivity index (χ2v) is 4.89. The Morgan fingerprint density at radius 1 is 1.22 bits per heavy atom. The minimum absolute atomic E-state index is 0.0140. The van der Waals surface area contributed by atoms with Crippen LogP contribution in [0.25, 0.3) is 0 Å². The molecule has 18 heavy (non-hydrogen) atoms. The molecule has 0 radical (unpaired) electrons. The second-order valence-electron chi connectivity index (χ2n) is 4.89. The molecular weight excluding hydrogens is 228 g/mol. The van der Waals surface area contributed by atoms with E-state index in [1.807, 2.05) is 6.92 Å². The number of aromatic nitrogens is 2. The fourth-order valence-corrected chi connectivity index (χ4v) is 1.96. The fourth-order valence-electron chi connectivity index (χ4n) is 1.96. The lowest BCUT2D eigenvalue weighted by Crippen LogP contribution is -2.31. The van der Waals surface area contributed by atoms with Crippen LogP contribution in [0.3, 0.4) is 0 Å². The Morgan fingerprint density at radius 2 is 1.89 bits per heavy atom. The van der Waals surface area contributed by atoms with Crippen LogP contribution in [-0.4, -0.2) is 29.2 Å². The van der Waals surface area contributed by atoms with Gasteiger partial charge >= 0.3 is 0 Å². The largest absolute Gasteiger partial charge is 0.490 e. The first-order chi connectivity index (χ1) is 8.54. The van der Waals surface area contributed by atoms with Crippen molar-refractivity contribution in [1.82, 2.24) is 9.97 Å². The topological polar surface area (TPSA) is 59.1 Å². The number of anilines is 2. The maximum Gasteiger partial charge on any atom is 0.204 e. The molecule has 102 valence electrons. The number of nitrogens with zero attached hydrogens (tertiary/aromatic N) is 2. The molecule has 0 saturated heterocycles. The van der Waals surface area contributed by atoms with E-state index in [0.29, 0.717) is 5.75 Å². The average molecular weight is 252 g/mol. The van der Waals surface area contributed by atoms with E-state index < -0.39 is 0 Å². The Kier molecular flexibility index (Phi) is 5.19. The van der Waals surface area contributed by atoms with Gasteiger partial charge in [-0.05, 0) is 27.2 Å². The minimum Gasteiger partial charge on any atom is -0.490 e. The lowest BCUT2D eigenvalue weighted by Gasteiger charge is -2.27. The first-order valence-electron chi connectivity index (χ1n) is 6.45. The highest BCUT2D eigenvalue weighted by Gasteiger charge is 2.20. The van der Waals surface area contributed by atoms with Crippen LogP contribution in [0.4, 0.5) is 11.6 Å². The molecule has 0 amide bonds. The van der Waals surface area contributed by atoms with Gasteiger partial charge in [0.25, 0.3) is 0 Å². The van der Waals surface area contributed by atoms with E-state index in [0.717, 1.165) is 31.0 Å². The molecule has 0 fully saturated rings. The van der Waals surface area contributed by atoms with Gasteiger partial charge in [0.15, 0.2) is 11.6 Å². The summed E-state index contributed by atoms with van der Waals surface area (Å²) in [5, 5.41) is 6.59. The van der Waals surface area contributed by atoms with Crippen molar-refractivity contribution in [1.29, 1.82) is 0 Å². The van der Waals surface area contributed by atoms with Gasteiger partial charge in [0, 0.05) is 12.1 Å². The van der Waals surface area contributed by atoms with Crippen LogP contribution in [0.15, 0.2) is 6.33 Å². The zero-order chi connectivity index (χ0) is 13.6. The monoisotopic (exact) mass is 252 g/mol. The number of nitrogens with one attached hydrogen (secondary N) is 2. The number of hydrogen-bond acceptors (Lipinski definition) is 5. The van der Waals surface area contributed by atoms with Crippen molar-refractivity contribution < 1.29 is 4.74 Å². The molecule has 0 aliphatic heterocycles. The lowest BCUT2D eigenvalue weighted by molar-refractivity contribution is 0.411. The van der Waals surface area contributed by atoms with Crippen molar-refractivity contribution in [3.05, 3.63) is 6.33 Å². The number of methoxy groups -OCH3 is 1. The van der Waals surface area contributed by atoms with Crippen molar-refractivity contribution in [2.75, 3.05) is 24.3 Å². The molecule has 1 aromatic rings. The van der Waals surface area contributed by atoms with Crippen LogP contribution in [-0.2, 0) is 0 Å². The molecule has 0 saturated carbocycles. The van der Waals surface area contributed by atoms with Crippen LogP contribution in [0, 0.1) is 0 Å². The normalized spacial score (nSPS) is 11.2. The van der Waals surface area contributed by atoms with Gasteiger partial charge in [-0.1, -0.05) is 13.3 Å². The number of rotatable bonds is 7. The zero-order valence-electron chi connectivity index (χ0n) is 12.0. The Labute approximate surface area is 109 Å². The highest BCUT2D eigenvalue weighted by atomic mass is 16.5. The maximum absolute atomic E-state index is 5.40. The minimum atomic E-state index is -0.0140. The number of ether oxygens (including phenoxy) is 1. The molecule has 0 aliphatic carbocycles. The fraction of sp³-hybridized carbons (Fsp3) is 0.692. The first kappa shape index (κ1) is 14.5. The lowest BCUT2D eigenvalue weighted by atomic mass is 9.99. The van der Waals surface area contributed by atoms with Crippen LogP contribution < -0.4 is 15.4 Å². The molecule has 0 unspecified atom stereocenters. The van der Waals surface area contributed by atoms with Crippen LogP contribution >= 0.6 is 0 Å². The summed E-state index contributed by atoms with van der Waals surface area (Å²) in [5.74, 6) is 2.13. The average Bonchev–Trinajstić information content (AvgIpc) is 2.29. The zero-order valence-corrected chi connectivity index (χ0v) is 12.0. The van der Waals surface area contributed by atoms with E-state index in [1.54, 1.807) is 13.4 Å².